The third-order valence-corrected chi connectivity index (χ3v) is 7.08. The fourth-order valence-corrected chi connectivity index (χ4v) is 5.55. The topological polar surface area (TPSA) is 32.8 Å². The number of carbonyl (C=O) groups excluding carboxylic acids is 1. The van der Waals surface area contributed by atoms with Crippen molar-refractivity contribution in [3.05, 3.63) is 137 Å². The quantitative estimate of drug-likeness (QED) is 0.382. The van der Waals surface area contributed by atoms with Crippen LogP contribution in [0.4, 0.5) is 11.4 Å². The number of amides is 1. The Morgan fingerprint density at radius 3 is 2.21 bits per heavy atom. The molecule has 1 amide bonds. The molecule has 4 nitrogen and oxygen atoms in total. The van der Waals surface area contributed by atoms with E-state index >= 15 is 0 Å². The number of nitrogens with zero attached hydrogens (tertiary/aromatic N) is 2. The highest BCUT2D eigenvalue weighted by molar-refractivity contribution is 6.10. The molecule has 164 valence electrons. The van der Waals surface area contributed by atoms with Gasteiger partial charge in [-0.25, -0.2) is 0 Å². The fourth-order valence-electron chi connectivity index (χ4n) is 5.55. The number of carbonyl (C=O) groups is 1. The van der Waals surface area contributed by atoms with E-state index in [0.29, 0.717) is 6.54 Å². The maximum Gasteiger partial charge on any atom is 0.269 e. The van der Waals surface area contributed by atoms with Crippen LogP contribution in [0.15, 0.2) is 109 Å². The van der Waals surface area contributed by atoms with E-state index in [1.165, 1.54) is 0 Å². The molecule has 4 heteroatoms. The van der Waals surface area contributed by atoms with Gasteiger partial charge in [-0.05, 0) is 29.3 Å². The monoisotopic (exact) mass is 442 g/mol. The molecular formula is C30H22N2O2. The van der Waals surface area contributed by atoms with Crippen LogP contribution in [-0.4, -0.2) is 5.91 Å². The predicted molar refractivity (Wildman–Crippen MR) is 133 cm³/mol. The molecule has 0 radical (unpaired) electrons. The number of rotatable bonds is 2. The van der Waals surface area contributed by atoms with Crippen molar-refractivity contribution in [3.63, 3.8) is 0 Å². The van der Waals surface area contributed by atoms with E-state index in [2.05, 4.69) is 47.5 Å². The van der Waals surface area contributed by atoms with Crippen LogP contribution in [0.2, 0.25) is 0 Å². The molecule has 4 aromatic rings. The van der Waals surface area contributed by atoms with Crippen molar-refractivity contribution in [2.75, 3.05) is 9.80 Å². The third kappa shape index (κ3) is 2.54. The normalized spacial score (nSPS) is 21.8. The Kier molecular flexibility index (Phi) is 4.08. The smallest absolute Gasteiger partial charge is 0.269 e. The van der Waals surface area contributed by atoms with E-state index in [0.717, 1.165) is 39.2 Å². The molecule has 1 spiro atoms. The maximum absolute atomic E-state index is 14.5. The van der Waals surface area contributed by atoms with Crippen LogP contribution in [0.1, 0.15) is 34.0 Å². The Morgan fingerprint density at radius 2 is 1.38 bits per heavy atom. The Balaban J connectivity index is 1.45. The summed E-state index contributed by atoms with van der Waals surface area (Å²) < 4.78 is 6.98. The molecule has 34 heavy (non-hydrogen) atoms. The van der Waals surface area contributed by atoms with Crippen LogP contribution < -0.4 is 9.80 Å². The maximum atomic E-state index is 14.5. The van der Waals surface area contributed by atoms with E-state index in [1.807, 2.05) is 77.7 Å². The van der Waals surface area contributed by atoms with Crippen LogP contribution >= 0.6 is 0 Å². The number of hydrogen-bond donors (Lipinski definition) is 0. The largest absolute Gasteiger partial charge is 0.328 e. The first-order chi connectivity index (χ1) is 16.8. The second kappa shape index (κ2) is 7.17. The summed E-state index contributed by atoms with van der Waals surface area (Å²) in [5.74, 6) is -0.0447. The fraction of sp³-hybridized carbons (Fsp3) is 0.100. The molecule has 3 aliphatic rings. The summed E-state index contributed by atoms with van der Waals surface area (Å²) in [5, 5.41) is 0. The van der Waals surface area contributed by atoms with Gasteiger partial charge >= 0.3 is 0 Å². The van der Waals surface area contributed by atoms with Gasteiger partial charge in [-0.15, -0.1) is 0 Å². The average Bonchev–Trinajstić information content (AvgIpc) is 3.13. The zero-order valence-corrected chi connectivity index (χ0v) is 18.5. The van der Waals surface area contributed by atoms with Gasteiger partial charge in [0.25, 0.3) is 5.91 Å². The van der Waals surface area contributed by atoms with Crippen molar-refractivity contribution in [1.82, 2.24) is 0 Å². The first-order valence-electron chi connectivity index (χ1n) is 11.6. The lowest BCUT2D eigenvalue weighted by atomic mass is 9.83. The number of ether oxygens (including phenoxy) is 1. The molecule has 3 aliphatic heterocycles. The number of benzene rings is 4. The van der Waals surface area contributed by atoms with Gasteiger partial charge in [0, 0.05) is 22.9 Å². The minimum absolute atomic E-state index is 0.0447. The third-order valence-electron chi connectivity index (χ3n) is 7.08. The van der Waals surface area contributed by atoms with Crippen molar-refractivity contribution in [3.8, 4) is 0 Å². The van der Waals surface area contributed by atoms with Crippen LogP contribution in [-0.2, 0) is 21.7 Å². The molecule has 0 bridgehead atoms. The summed E-state index contributed by atoms with van der Waals surface area (Å²) in [5.41, 5.74) is 5.72. The summed E-state index contributed by atoms with van der Waals surface area (Å²) in [6.07, 6.45) is 3.77. The lowest BCUT2D eigenvalue weighted by Gasteiger charge is -2.46. The molecule has 4 aromatic carbocycles. The Hall–Kier alpha value is -4.15. The zero-order chi connectivity index (χ0) is 22.7. The molecule has 0 unspecified atom stereocenters. The van der Waals surface area contributed by atoms with Crippen molar-refractivity contribution in [2.24, 2.45) is 0 Å². The van der Waals surface area contributed by atoms with Crippen molar-refractivity contribution in [1.29, 1.82) is 0 Å². The van der Waals surface area contributed by atoms with Gasteiger partial charge in [-0.1, -0.05) is 91.0 Å². The van der Waals surface area contributed by atoms with E-state index in [4.69, 9.17) is 4.74 Å². The molecule has 0 aromatic heterocycles. The highest BCUT2D eigenvalue weighted by Crippen LogP contribution is 2.56. The molecule has 3 heterocycles. The van der Waals surface area contributed by atoms with Crippen LogP contribution in [0, 0.1) is 0 Å². The second-order valence-corrected chi connectivity index (χ2v) is 8.91. The number of fused-ring (bicyclic) bond motifs is 8. The van der Waals surface area contributed by atoms with E-state index in [1.54, 1.807) is 0 Å². The van der Waals surface area contributed by atoms with Gasteiger partial charge in [0.1, 0.15) is 0 Å². The SMILES string of the molecule is O=C1N(Cc2ccccc2)c2ccccc2[C@]12O[C@H]1c3ccccc3C=CN1c1ccccc12. The Labute approximate surface area is 198 Å². The minimum Gasteiger partial charge on any atom is -0.328 e. The molecule has 0 aliphatic carbocycles. The summed E-state index contributed by atoms with van der Waals surface area (Å²) in [6.45, 7) is 0.495. The highest BCUT2D eigenvalue weighted by atomic mass is 16.5. The molecular weight excluding hydrogens is 420 g/mol. The highest BCUT2D eigenvalue weighted by Gasteiger charge is 2.58. The van der Waals surface area contributed by atoms with Crippen LogP contribution in [0.5, 0.6) is 0 Å². The van der Waals surface area contributed by atoms with Gasteiger partial charge in [0.15, 0.2) is 6.23 Å². The summed E-state index contributed by atoms with van der Waals surface area (Å²) in [6, 6.07) is 34.5. The summed E-state index contributed by atoms with van der Waals surface area (Å²) in [4.78, 5) is 18.5. The van der Waals surface area contributed by atoms with Crippen molar-refractivity contribution >= 4 is 23.4 Å². The first-order valence-corrected chi connectivity index (χ1v) is 11.6. The number of para-hydroxylation sites is 2. The van der Waals surface area contributed by atoms with Crippen LogP contribution in [0.25, 0.3) is 6.08 Å². The lowest BCUT2D eigenvalue weighted by Crippen LogP contribution is -2.50. The van der Waals surface area contributed by atoms with Crippen molar-refractivity contribution in [2.45, 2.75) is 18.4 Å². The average molecular weight is 443 g/mol. The molecule has 0 saturated heterocycles. The predicted octanol–water partition coefficient (Wildman–Crippen LogP) is 6.00. The van der Waals surface area contributed by atoms with E-state index in [9.17, 15) is 4.79 Å². The van der Waals surface area contributed by atoms with E-state index in [-0.39, 0.29) is 5.91 Å². The standard InChI is InChI=1S/C30H22N2O2/c33-29-30(25-15-7-9-17-27(25)32(29)20-21-10-2-1-3-11-21)24-14-6-8-16-26(24)31-19-18-22-12-4-5-13-23(22)28(31)34-30/h1-19,28H,20H2/t28-,30-/m0/s1. The van der Waals surface area contributed by atoms with E-state index < -0.39 is 11.8 Å². The molecule has 2 atom stereocenters. The lowest BCUT2D eigenvalue weighted by molar-refractivity contribution is -0.147. The Bertz CT molecular complexity index is 1460. The van der Waals surface area contributed by atoms with Gasteiger partial charge < -0.3 is 14.5 Å². The van der Waals surface area contributed by atoms with Gasteiger partial charge in [-0.3, -0.25) is 4.79 Å². The Morgan fingerprint density at radius 1 is 0.735 bits per heavy atom. The zero-order valence-electron chi connectivity index (χ0n) is 18.5. The van der Waals surface area contributed by atoms with Crippen LogP contribution in [0.3, 0.4) is 0 Å². The molecule has 0 N–H and O–H groups in total. The molecule has 0 saturated carbocycles. The minimum atomic E-state index is -1.21. The molecule has 7 rings (SSSR count). The molecule has 0 fully saturated rings. The summed E-state index contributed by atoms with van der Waals surface area (Å²) >= 11 is 0. The number of anilines is 2. The second-order valence-electron chi connectivity index (χ2n) is 8.91. The first kappa shape index (κ1) is 19.3. The van der Waals surface area contributed by atoms with Gasteiger partial charge in [0.2, 0.25) is 5.60 Å². The van der Waals surface area contributed by atoms with Gasteiger partial charge in [0.05, 0.1) is 17.9 Å². The number of hydrogen-bond acceptors (Lipinski definition) is 3. The van der Waals surface area contributed by atoms with Gasteiger partial charge in [-0.2, -0.15) is 0 Å². The van der Waals surface area contributed by atoms with Crippen molar-refractivity contribution < 1.29 is 9.53 Å². The summed E-state index contributed by atoms with van der Waals surface area (Å²) in [7, 11) is 0.